The molecule has 4 rings (SSSR count). The molecule has 1 unspecified atom stereocenters. The van der Waals surface area contributed by atoms with Gasteiger partial charge >= 0.3 is 12.1 Å². The SMILES string of the molecule is CC(CC(=O)O)NC(=O)[C@@H]1C[C@@H]1CNC(=O)OCC1c2ccccc2-c2ccccc21. The molecule has 7 heteroatoms. The van der Waals surface area contributed by atoms with Crippen molar-refractivity contribution in [3.05, 3.63) is 59.7 Å². The lowest BCUT2D eigenvalue weighted by Crippen LogP contribution is -2.36. The zero-order valence-electron chi connectivity index (χ0n) is 17.3. The number of ether oxygens (including phenoxy) is 1. The maximum absolute atomic E-state index is 12.2. The quantitative estimate of drug-likeness (QED) is 0.606. The molecule has 0 aliphatic heterocycles. The molecule has 1 saturated carbocycles. The van der Waals surface area contributed by atoms with Crippen LogP contribution in [0.3, 0.4) is 0 Å². The van der Waals surface area contributed by atoms with Crippen LogP contribution in [0.4, 0.5) is 4.79 Å². The Morgan fingerprint density at radius 3 is 2.29 bits per heavy atom. The van der Waals surface area contributed by atoms with Crippen LogP contribution in [0.2, 0.25) is 0 Å². The van der Waals surface area contributed by atoms with E-state index in [1.807, 2.05) is 24.3 Å². The molecule has 0 bridgehead atoms. The van der Waals surface area contributed by atoms with Crippen molar-refractivity contribution in [2.45, 2.75) is 31.7 Å². The van der Waals surface area contributed by atoms with E-state index in [1.165, 1.54) is 11.1 Å². The summed E-state index contributed by atoms with van der Waals surface area (Å²) in [4.78, 5) is 35.1. The number of hydrogen-bond donors (Lipinski definition) is 3. The Balaban J connectivity index is 1.24. The van der Waals surface area contributed by atoms with Gasteiger partial charge in [-0.2, -0.15) is 0 Å². The first-order valence-corrected chi connectivity index (χ1v) is 10.5. The summed E-state index contributed by atoms with van der Waals surface area (Å²) in [5.41, 5.74) is 4.67. The molecular weight excluding hydrogens is 396 g/mol. The summed E-state index contributed by atoms with van der Waals surface area (Å²) in [7, 11) is 0. The van der Waals surface area contributed by atoms with E-state index in [1.54, 1.807) is 6.92 Å². The molecule has 2 aliphatic carbocycles. The fourth-order valence-corrected chi connectivity index (χ4v) is 4.32. The van der Waals surface area contributed by atoms with E-state index in [0.29, 0.717) is 13.0 Å². The van der Waals surface area contributed by atoms with E-state index in [-0.39, 0.29) is 36.7 Å². The van der Waals surface area contributed by atoms with Gasteiger partial charge in [0, 0.05) is 24.4 Å². The zero-order chi connectivity index (χ0) is 22.0. The predicted octanol–water partition coefficient (Wildman–Crippen LogP) is 3.14. The van der Waals surface area contributed by atoms with Crippen LogP contribution in [0.15, 0.2) is 48.5 Å². The van der Waals surface area contributed by atoms with Gasteiger partial charge in [0.2, 0.25) is 5.91 Å². The predicted molar refractivity (Wildman–Crippen MR) is 115 cm³/mol. The molecule has 2 aromatic carbocycles. The normalized spacial score (nSPS) is 19.6. The first-order chi connectivity index (χ1) is 14.9. The third-order valence-electron chi connectivity index (χ3n) is 5.98. The number of carboxylic acids is 1. The molecule has 0 heterocycles. The number of rotatable bonds is 8. The van der Waals surface area contributed by atoms with Crippen molar-refractivity contribution in [3.8, 4) is 11.1 Å². The number of alkyl carbamates (subject to hydrolysis) is 1. The number of aliphatic carboxylic acids is 1. The van der Waals surface area contributed by atoms with Gasteiger partial charge in [-0.1, -0.05) is 48.5 Å². The fourth-order valence-electron chi connectivity index (χ4n) is 4.32. The summed E-state index contributed by atoms with van der Waals surface area (Å²) in [6.45, 7) is 2.28. The third kappa shape index (κ3) is 4.71. The summed E-state index contributed by atoms with van der Waals surface area (Å²) in [5, 5.41) is 14.2. The largest absolute Gasteiger partial charge is 0.481 e. The fraction of sp³-hybridized carbons (Fsp3) is 0.375. The molecule has 2 aliphatic rings. The molecule has 2 amide bonds. The Labute approximate surface area is 180 Å². The summed E-state index contributed by atoms with van der Waals surface area (Å²) in [6, 6.07) is 15.9. The van der Waals surface area contributed by atoms with Crippen molar-refractivity contribution in [1.29, 1.82) is 0 Å². The van der Waals surface area contributed by atoms with Crippen LogP contribution in [-0.4, -0.2) is 42.3 Å². The van der Waals surface area contributed by atoms with Gasteiger partial charge in [0.05, 0.1) is 6.42 Å². The number of carbonyl (C=O) groups excluding carboxylic acids is 2. The number of amides is 2. The second-order valence-electron chi connectivity index (χ2n) is 8.32. The molecule has 7 nitrogen and oxygen atoms in total. The average molecular weight is 422 g/mol. The number of nitrogens with one attached hydrogen (secondary N) is 2. The van der Waals surface area contributed by atoms with Gasteiger partial charge in [0.15, 0.2) is 0 Å². The summed E-state index contributed by atoms with van der Waals surface area (Å²) in [5.74, 6) is -1.24. The first kappa shape index (κ1) is 20.9. The number of carboxylic acid groups (broad SMARTS) is 1. The Hall–Kier alpha value is -3.35. The average Bonchev–Trinajstić information content (AvgIpc) is 3.46. The molecule has 0 saturated heterocycles. The maximum atomic E-state index is 12.2. The van der Waals surface area contributed by atoms with Crippen molar-refractivity contribution in [2.24, 2.45) is 11.8 Å². The Bertz CT molecular complexity index is 959. The molecule has 0 aromatic heterocycles. The van der Waals surface area contributed by atoms with Gasteiger partial charge in [-0.05, 0) is 41.5 Å². The molecule has 1 fully saturated rings. The van der Waals surface area contributed by atoms with Crippen molar-refractivity contribution in [2.75, 3.05) is 13.2 Å². The van der Waals surface area contributed by atoms with Gasteiger partial charge in [-0.25, -0.2) is 4.79 Å². The second-order valence-corrected chi connectivity index (χ2v) is 8.32. The highest BCUT2D eigenvalue weighted by atomic mass is 16.5. The molecule has 0 spiro atoms. The molecule has 162 valence electrons. The van der Waals surface area contributed by atoms with Gasteiger partial charge in [-0.15, -0.1) is 0 Å². The standard InChI is InChI=1S/C24H26N2O5/c1-14(10-22(27)28)26-23(29)20-11-15(20)12-25-24(30)31-13-21-18-8-4-2-6-16(18)17-7-3-5-9-19(17)21/h2-9,14-15,20-21H,10-13H2,1H3,(H,25,30)(H,26,29)(H,27,28)/t14?,15-,20-/m1/s1. The van der Waals surface area contributed by atoms with Crippen LogP contribution >= 0.6 is 0 Å². The lowest BCUT2D eigenvalue weighted by Gasteiger charge is -2.14. The van der Waals surface area contributed by atoms with E-state index in [2.05, 4.69) is 34.9 Å². The van der Waals surface area contributed by atoms with E-state index in [0.717, 1.165) is 11.1 Å². The van der Waals surface area contributed by atoms with Gasteiger partial charge in [-0.3, -0.25) is 9.59 Å². The van der Waals surface area contributed by atoms with Crippen LogP contribution in [0.5, 0.6) is 0 Å². The molecule has 3 N–H and O–H groups in total. The molecular formula is C24H26N2O5. The summed E-state index contributed by atoms with van der Waals surface area (Å²) in [6.07, 6.45) is 0.0725. The van der Waals surface area contributed by atoms with Crippen LogP contribution in [0.25, 0.3) is 11.1 Å². The minimum Gasteiger partial charge on any atom is -0.481 e. The first-order valence-electron chi connectivity index (χ1n) is 10.5. The molecule has 3 atom stereocenters. The van der Waals surface area contributed by atoms with Crippen molar-refractivity contribution < 1.29 is 24.2 Å². The van der Waals surface area contributed by atoms with E-state index in [9.17, 15) is 14.4 Å². The smallest absolute Gasteiger partial charge is 0.407 e. The van der Waals surface area contributed by atoms with Crippen molar-refractivity contribution in [3.63, 3.8) is 0 Å². The highest BCUT2D eigenvalue weighted by Crippen LogP contribution is 2.44. The van der Waals surface area contributed by atoms with Crippen LogP contribution in [-0.2, 0) is 14.3 Å². The van der Waals surface area contributed by atoms with Crippen LogP contribution < -0.4 is 10.6 Å². The highest BCUT2D eigenvalue weighted by molar-refractivity contribution is 5.82. The monoisotopic (exact) mass is 422 g/mol. The molecule has 0 radical (unpaired) electrons. The third-order valence-corrected chi connectivity index (χ3v) is 5.98. The number of benzene rings is 2. The zero-order valence-corrected chi connectivity index (χ0v) is 17.3. The lowest BCUT2D eigenvalue weighted by molar-refractivity contribution is -0.137. The summed E-state index contributed by atoms with van der Waals surface area (Å²) < 4.78 is 5.51. The maximum Gasteiger partial charge on any atom is 0.407 e. The minimum absolute atomic E-state index is 0.00771. The summed E-state index contributed by atoms with van der Waals surface area (Å²) >= 11 is 0. The molecule has 31 heavy (non-hydrogen) atoms. The van der Waals surface area contributed by atoms with E-state index < -0.39 is 18.1 Å². The van der Waals surface area contributed by atoms with Crippen LogP contribution in [0.1, 0.15) is 36.8 Å². The number of hydrogen-bond acceptors (Lipinski definition) is 4. The van der Waals surface area contributed by atoms with Gasteiger partial charge in [0.25, 0.3) is 0 Å². The Morgan fingerprint density at radius 1 is 1.06 bits per heavy atom. The lowest BCUT2D eigenvalue weighted by atomic mass is 9.98. The minimum atomic E-state index is -0.947. The molecule has 2 aromatic rings. The van der Waals surface area contributed by atoms with Crippen molar-refractivity contribution in [1.82, 2.24) is 10.6 Å². The Morgan fingerprint density at radius 2 is 1.68 bits per heavy atom. The number of fused-ring (bicyclic) bond motifs is 3. The van der Waals surface area contributed by atoms with E-state index in [4.69, 9.17) is 9.84 Å². The van der Waals surface area contributed by atoms with Gasteiger partial charge in [0.1, 0.15) is 6.61 Å². The van der Waals surface area contributed by atoms with E-state index >= 15 is 0 Å². The van der Waals surface area contributed by atoms with Crippen LogP contribution in [0, 0.1) is 11.8 Å². The second kappa shape index (κ2) is 8.79. The Kier molecular flexibility index (Phi) is 5.93. The van der Waals surface area contributed by atoms with Gasteiger partial charge < -0.3 is 20.5 Å². The number of carbonyl (C=O) groups is 3. The highest BCUT2D eigenvalue weighted by Gasteiger charge is 2.43. The topological polar surface area (TPSA) is 105 Å². The van der Waals surface area contributed by atoms with Crippen molar-refractivity contribution >= 4 is 18.0 Å².